The maximum Gasteiger partial charge on any atom is 0.233 e. The van der Waals surface area contributed by atoms with Crippen LogP contribution in [0.15, 0.2) is 60.9 Å². The van der Waals surface area contributed by atoms with Gasteiger partial charge in [0.25, 0.3) is 0 Å². The Morgan fingerprint density at radius 3 is 2.75 bits per heavy atom. The van der Waals surface area contributed by atoms with E-state index in [4.69, 9.17) is 0 Å². The lowest BCUT2D eigenvalue weighted by Crippen LogP contribution is -2.32. The number of fused-ring (bicyclic) bond motifs is 2. The second kappa shape index (κ2) is 4.17. The smallest absolute Gasteiger partial charge is 0.233 e. The predicted octanol–water partition coefficient (Wildman–Crippen LogP) is 3.21. The van der Waals surface area contributed by atoms with Gasteiger partial charge in [-0.3, -0.25) is 0 Å². The highest BCUT2D eigenvalue weighted by Gasteiger charge is 2.17. The molecule has 0 spiro atoms. The molecule has 0 bridgehead atoms. The SMILES string of the molecule is C[n+]1c(-c2c[nH]c3ccccc23)cnc2ccccc21. The topological polar surface area (TPSA) is 32.6 Å². The second-order valence-corrected chi connectivity index (χ2v) is 4.94. The number of rotatable bonds is 1. The van der Waals surface area contributed by atoms with Crippen LogP contribution in [0.2, 0.25) is 0 Å². The van der Waals surface area contributed by atoms with Crippen molar-refractivity contribution in [3.05, 3.63) is 60.9 Å². The third-order valence-corrected chi connectivity index (χ3v) is 3.80. The summed E-state index contributed by atoms with van der Waals surface area (Å²) in [5.41, 5.74) is 5.59. The van der Waals surface area contributed by atoms with Crippen LogP contribution in [0.4, 0.5) is 0 Å². The predicted molar refractivity (Wildman–Crippen MR) is 80.2 cm³/mol. The highest BCUT2D eigenvalue weighted by Crippen LogP contribution is 2.26. The molecule has 4 aromatic rings. The van der Waals surface area contributed by atoms with Crippen LogP contribution in [0.3, 0.4) is 0 Å². The number of nitrogens with zero attached hydrogens (tertiary/aromatic N) is 2. The van der Waals surface area contributed by atoms with E-state index in [1.54, 1.807) is 0 Å². The summed E-state index contributed by atoms with van der Waals surface area (Å²) in [5.74, 6) is 0. The van der Waals surface area contributed by atoms with Crippen LogP contribution in [0, 0.1) is 0 Å². The molecule has 0 amide bonds. The van der Waals surface area contributed by atoms with Crippen LogP contribution in [0.25, 0.3) is 33.2 Å². The number of nitrogens with one attached hydrogen (secondary N) is 1. The highest BCUT2D eigenvalue weighted by atomic mass is 15.0. The normalized spacial score (nSPS) is 11.2. The van der Waals surface area contributed by atoms with E-state index in [2.05, 4.69) is 52.0 Å². The zero-order valence-corrected chi connectivity index (χ0v) is 11.2. The van der Waals surface area contributed by atoms with Crippen molar-refractivity contribution < 1.29 is 4.57 Å². The summed E-state index contributed by atoms with van der Waals surface area (Å²) in [6, 6.07) is 16.5. The molecule has 0 aliphatic rings. The van der Waals surface area contributed by atoms with E-state index in [1.807, 2.05) is 30.5 Å². The van der Waals surface area contributed by atoms with Crippen LogP contribution in [-0.4, -0.2) is 9.97 Å². The number of aromatic amines is 1. The molecule has 0 fully saturated rings. The summed E-state index contributed by atoms with van der Waals surface area (Å²) in [6.45, 7) is 0. The minimum atomic E-state index is 1.01. The Bertz CT molecular complexity index is 922. The molecule has 0 radical (unpaired) electrons. The summed E-state index contributed by atoms with van der Waals surface area (Å²) in [5, 5.41) is 1.22. The average Bonchev–Trinajstić information content (AvgIpc) is 2.92. The summed E-state index contributed by atoms with van der Waals surface area (Å²) in [6.07, 6.45) is 3.99. The average molecular weight is 260 g/mol. The number of aromatic nitrogens is 3. The molecule has 0 saturated carbocycles. The van der Waals surface area contributed by atoms with E-state index in [0.717, 1.165) is 22.2 Å². The number of benzene rings is 2. The van der Waals surface area contributed by atoms with E-state index in [-0.39, 0.29) is 0 Å². The van der Waals surface area contributed by atoms with E-state index >= 15 is 0 Å². The molecule has 4 rings (SSSR count). The van der Waals surface area contributed by atoms with E-state index in [0.29, 0.717) is 0 Å². The van der Waals surface area contributed by atoms with Gasteiger partial charge in [0.2, 0.25) is 11.2 Å². The van der Waals surface area contributed by atoms with Crippen molar-refractivity contribution in [3.8, 4) is 11.3 Å². The van der Waals surface area contributed by atoms with Gasteiger partial charge in [-0.1, -0.05) is 30.3 Å². The number of hydrogen-bond donors (Lipinski definition) is 1. The number of H-pyrrole nitrogens is 1. The fourth-order valence-electron chi connectivity index (χ4n) is 2.74. The maximum atomic E-state index is 4.57. The van der Waals surface area contributed by atoms with Gasteiger partial charge in [0.15, 0.2) is 0 Å². The van der Waals surface area contributed by atoms with Gasteiger partial charge in [-0.15, -0.1) is 0 Å². The zero-order valence-electron chi connectivity index (χ0n) is 11.2. The standard InChI is InChI=1S/C17H13N3/c1-20-16-9-5-4-8-15(16)19-11-17(20)13-10-18-14-7-3-2-6-12(13)14/h2-11H,1H3/p+1. The largest absolute Gasteiger partial charge is 0.360 e. The van der Waals surface area contributed by atoms with Crippen LogP contribution in [0.5, 0.6) is 0 Å². The first kappa shape index (κ1) is 11.2. The molecule has 2 heterocycles. The van der Waals surface area contributed by atoms with Crippen LogP contribution in [0.1, 0.15) is 0 Å². The third-order valence-electron chi connectivity index (χ3n) is 3.80. The first-order chi connectivity index (χ1) is 9.84. The van der Waals surface area contributed by atoms with Gasteiger partial charge in [0, 0.05) is 23.2 Å². The fourth-order valence-corrected chi connectivity index (χ4v) is 2.74. The lowest BCUT2D eigenvalue weighted by Gasteiger charge is -2.01. The first-order valence-corrected chi connectivity index (χ1v) is 6.65. The molecule has 20 heavy (non-hydrogen) atoms. The molecule has 0 atom stereocenters. The van der Waals surface area contributed by atoms with Gasteiger partial charge >= 0.3 is 0 Å². The Kier molecular flexibility index (Phi) is 2.33. The van der Waals surface area contributed by atoms with Crippen LogP contribution >= 0.6 is 0 Å². The quantitative estimate of drug-likeness (QED) is 0.524. The Labute approximate surface area is 116 Å². The molecular weight excluding hydrogens is 246 g/mol. The molecular formula is C17H14N3+. The molecule has 2 aromatic heterocycles. The van der Waals surface area contributed by atoms with Gasteiger partial charge < -0.3 is 4.98 Å². The molecule has 2 aromatic carbocycles. The number of aryl methyl sites for hydroxylation is 1. The zero-order chi connectivity index (χ0) is 13.5. The number of para-hydroxylation sites is 3. The summed E-state index contributed by atoms with van der Waals surface area (Å²) >= 11 is 0. The van der Waals surface area contributed by atoms with E-state index in [9.17, 15) is 0 Å². The van der Waals surface area contributed by atoms with Crippen LogP contribution in [-0.2, 0) is 7.05 Å². The van der Waals surface area contributed by atoms with Crippen molar-refractivity contribution in [1.29, 1.82) is 0 Å². The Morgan fingerprint density at radius 1 is 1.00 bits per heavy atom. The molecule has 1 N–H and O–H groups in total. The van der Waals surface area contributed by atoms with Crippen molar-refractivity contribution >= 4 is 21.9 Å². The van der Waals surface area contributed by atoms with Gasteiger partial charge in [0.1, 0.15) is 18.8 Å². The molecule has 3 nitrogen and oxygen atoms in total. The summed E-state index contributed by atoms with van der Waals surface area (Å²) < 4.78 is 2.19. The maximum absolute atomic E-state index is 4.57. The minimum Gasteiger partial charge on any atom is -0.360 e. The first-order valence-electron chi connectivity index (χ1n) is 6.65. The molecule has 3 heteroatoms. The van der Waals surface area contributed by atoms with Crippen molar-refractivity contribution in [2.45, 2.75) is 0 Å². The lowest BCUT2D eigenvalue weighted by molar-refractivity contribution is -0.633. The molecule has 96 valence electrons. The van der Waals surface area contributed by atoms with Gasteiger partial charge in [0.05, 0.1) is 5.56 Å². The Hall–Kier alpha value is -2.68. The van der Waals surface area contributed by atoms with Gasteiger partial charge in [-0.2, -0.15) is 4.57 Å². The highest BCUT2D eigenvalue weighted by molar-refractivity contribution is 5.94. The summed E-state index contributed by atoms with van der Waals surface area (Å²) in [4.78, 5) is 7.89. The summed E-state index contributed by atoms with van der Waals surface area (Å²) in [7, 11) is 2.08. The fraction of sp³-hybridized carbons (Fsp3) is 0.0588. The van der Waals surface area contributed by atoms with Crippen molar-refractivity contribution in [3.63, 3.8) is 0 Å². The van der Waals surface area contributed by atoms with Crippen molar-refractivity contribution in [2.24, 2.45) is 7.05 Å². The number of hydrogen-bond acceptors (Lipinski definition) is 1. The Balaban J connectivity index is 2.05. The monoisotopic (exact) mass is 260 g/mol. The molecule has 0 unspecified atom stereocenters. The third kappa shape index (κ3) is 1.53. The Morgan fingerprint density at radius 2 is 1.80 bits per heavy atom. The molecule has 0 aliphatic heterocycles. The van der Waals surface area contributed by atoms with E-state index in [1.165, 1.54) is 10.9 Å². The minimum absolute atomic E-state index is 1.01. The second-order valence-electron chi connectivity index (χ2n) is 4.94. The van der Waals surface area contributed by atoms with Gasteiger partial charge in [-0.25, -0.2) is 4.98 Å². The van der Waals surface area contributed by atoms with Crippen LogP contribution < -0.4 is 4.57 Å². The molecule has 0 saturated heterocycles. The molecule has 0 aliphatic carbocycles. The van der Waals surface area contributed by atoms with Gasteiger partial charge in [-0.05, 0) is 12.1 Å². The lowest BCUT2D eigenvalue weighted by atomic mass is 10.1. The van der Waals surface area contributed by atoms with Crippen molar-refractivity contribution in [1.82, 2.24) is 9.97 Å². The van der Waals surface area contributed by atoms with E-state index < -0.39 is 0 Å². The van der Waals surface area contributed by atoms with Crippen molar-refractivity contribution in [2.75, 3.05) is 0 Å².